The van der Waals surface area contributed by atoms with Gasteiger partial charge in [0.05, 0.1) is 52.4 Å². The van der Waals surface area contributed by atoms with Gasteiger partial charge in [0, 0.05) is 5.56 Å². The smallest absolute Gasteiger partial charge is 0.266 e. The van der Waals surface area contributed by atoms with Crippen LogP contribution in [0.5, 0.6) is 28.7 Å². The Kier molecular flexibility index (Phi) is 7.88. The predicted molar refractivity (Wildman–Crippen MR) is 142 cm³/mol. The summed E-state index contributed by atoms with van der Waals surface area (Å²) in [5.41, 5.74) is 0.997. The number of thioether (sulfide) groups is 1. The number of carbonyl (C=O) groups is 1. The molecular weight excluding hydrogens is 496 g/mol. The van der Waals surface area contributed by atoms with Crippen LogP contribution in [-0.4, -0.2) is 56.6 Å². The van der Waals surface area contributed by atoms with E-state index < -0.39 is 0 Å². The summed E-state index contributed by atoms with van der Waals surface area (Å²) in [6, 6.07) is 15.5. The third-order valence-electron chi connectivity index (χ3n) is 5.69. The van der Waals surface area contributed by atoms with E-state index in [1.165, 1.54) is 25.9 Å². The molecule has 192 valence electrons. The van der Waals surface area contributed by atoms with Crippen molar-refractivity contribution in [1.29, 1.82) is 0 Å². The second-order valence-corrected chi connectivity index (χ2v) is 8.66. The fourth-order valence-corrected chi connectivity index (χ4v) is 4.73. The first kappa shape index (κ1) is 25.9. The lowest BCUT2D eigenvalue weighted by Gasteiger charge is -2.17. The van der Waals surface area contributed by atoms with E-state index in [1.54, 1.807) is 68.8 Å². The first-order valence-electron chi connectivity index (χ1n) is 11.2. The summed E-state index contributed by atoms with van der Waals surface area (Å²) in [5.74, 6) is 2.03. The Morgan fingerprint density at radius 3 is 2.16 bits per heavy atom. The third kappa shape index (κ3) is 5.05. The lowest BCUT2D eigenvalue weighted by atomic mass is 10.1. The van der Waals surface area contributed by atoms with Crippen LogP contribution in [0.1, 0.15) is 10.4 Å². The van der Waals surface area contributed by atoms with Crippen LogP contribution in [0, 0.1) is 0 Å². The minimum Gasteiger partial charge on any atom is -0.497 e. The van der Waals surface area contributed by atoms with Crippen LogP contribution in [0.2, 0.25) is 0 Å². The molecule has 0 unspecified atom stereocenters. The largest absolute Gasteiger partial charge is 0.497 e. The van der Waals surface area contributed by atoms with Crippen LogP contribution in [0.15, 0.2) is 64.5 Å². The number of carbonyl (C=O) groups excluding carboxylic acids is 1. The maximum Gasteiger partial charge on any atom is 0.266 e. The molecule has 0 amide bonds. The number of benzene rings is 3. The van der Waals surface area contributed by atoms with Crippen LogP contribution in [0.25, 0.3) is 16.6 Å². The molecule has 4 aromatic rings. The molecule has 0 N–H and O–H groups in total. The van der Waals surface area contributed by atoms with E-state index in [0.29, 0.717) is 44.9 Å². The zero-order valence-electron chi connectivity index (χ0n) is 21.1. The molecule has 1 heterocycles. The van der Waals surface area contributed by atoms with Crippen molar-refractivity contribution in [3.05, 3.63) is 70.5 Å². The highest BCUT2D eigenvalue weighted by Gasteiger charge is 2.23. The summed E-state index contributed by atoms with van der Waals surface area (Å²) in [4.78, 5) is 31.6. The van der Waals surface area contributed by atoms with Gasteiger partial charge in [-0.1, -0.05) is 23.9 Å². The molecule has 3 aromatic carbocycles. The van der Waals surface area contributed by atoms with E-state index >= 15 is 0 Å². The van der Waals surface area contributed by atoms with Crippen molar-refractivity contribution in [2.24, 2.45) is 0 Å². The Labute approximate surface area is 217 Å². The van der Waals surface area contributed by atoms with E-state index in [0.717, 1.165) is 11.8 Å². The molecule has 37 heavy (non-hydrogen) atoms. The Balaban J connectivity index is 1.88. The zero-order chi connectivity index (χ0) is 26.5. The Morgan fingerprint density at radius 2 is 1.54 bits per heavy atom. The highest BCUT2D eigenvalue weighted by molar-refractivity contribution is 7.99. The first-order chi connectivity index (χ1) is 17.9. The Bertz CT molecular complexity index is 1500. The lowest BCUT2D eigenvalue weighted by Crippen LogP contribution is -2.22. The number of rotatable bonds is 10. The molecule has 0 radical (unpaired) electrons. The Hall–Kier alpha value is -4.18. The SMILES string of the molecule is COc1ccc(-n2c(SCC(=O)c3cccc(OC)c3)nc3c(OC)c(OC)c(OC)cc3c2=O)cc1. The molecule has 0 fully saturated rings. The number of ether oxygens (including phenoxy) is 5. The van der Waals surface area contributed by atoms with E-state index in [1.807, 2.05) is 0 Å². The molecule has 0 atom stereocenters. The van der Waals surface area contributed by atoms with Gasteiger partial charge >= 0.3 is 0 Å². The summed E-state index contributed by atoms with van der Waals surface area (Å²) in [5, 5.41) is 0.582. The molecule has 0 spiro atoms. The number of fused-ring (bicyclic) bond motifs is 1. The summed E-state index contributed by atoms with van der Waals surface area (Å²) in [7, 11) is 7.53. The van der Waals surface area contributed by atoms with Gasteiger partial charge in [-0.2, -0.15) is 0 Å². The van der Waals surface area contributed by atoms with Gasteiger partial charge in [0.2, 0.25) is 5.75 Å². The lowest BCUT2D eigenvalue weighted by molar-refractivity contribution is 0.102. The molecule has 0 saturated carbocycles. The van der Waals surface area contributed by atoms with E-state index in [-0.39, 0.29) is 28.2 Å². The quantitative estimate of drug-likeness (QED) is 0.170. The van der Waals surface area contributed by atoms with Crippen LogP contribution in [0.3, 0.4) is 0 Å². The minimum absolute atomic E-state index is 0.0386. The van der Waals surface area contributed by atoms with Crippen LogP contribution in [-0.2, 0) is 0 Å². The molecular formula is C27H26N2O7S. The van der Waals surface area contributed by atoms with Gasteiger partial charge in [0.15, 0.2) is 22.4 Å². The van der Waals surface area contributed by atoms with Crippen molar-refractivity contribution in [2.45, 2.75) is 5.16 Å². The molecule has 0 aliphatic carbocycles. The molecule has 1 aromatic heterocycles. The van der Waals surface area contributed by atoms with Crippen molar-refractivity contribution in [3.63, 3.8) is 0 Å². The average Bonchev–Trinajstić information content (AvgIpc) is 2.95. The van der Waals surface area contributed by atoms with Gasteiger partial charge in [0.1, 0.15) is 17.0 Å². The van der Waals surface area contributed by atoms with Crippen LogP contribution >= 0.6 is 11.8 Å². The third-order valence-corrected chi connectivity index (χ3v) is 6.63. The number of methoxy groups -OCH3 is 5. The number of ketones is 1. The van der Waals surface area contributed by atoms with Gasteiger partial charge < -0.3 is 23.7 Å². The summed E-state index contributed by atoms with van der Waals surface area (Å²) in [6.07, 6.45) is 0. The maximum absolute atomic E-state index is 13.9. The topological polar surface area (TPSA) is 98.1 Å². The molecule has 4 rings (SSSR count). The molecule has 0 saturated heterocycles. The van der Waals surface area contributed by atoms with Gasteiger partial charge in [0.25, 0.3) is 5.56 Å². The average molecular weight is 523 g/mol. The summed E-state index contributed by atoms with van der Waals surface area (Å²) < 4.78 is 28.4. The number of hydrogen-bond donors (Lipinski definition) is 0. The van der Waals surface area contributed by atoms with Gasteiger partial charge in [-0.3, -0.25) is 14.2 Å². The maximum atomic E-state index is 13.9. The van der Waals surface area contributed by atoms with Crippen molar-refractivity contribution < 1.29 is 28.5 Å². The number of nitrogens with zero attached hydrogens (tertiary/aromatic N) is 2. The summed E-state index contributed by atoms with van der Waals surface area (Å²) >= 11 is 1.14. The molecule has 0 aliphatic rings. The number of aromatic nitrogens is 2. The van der Waals surface area contributed by atoms with Gasteiger partial charge in [-0.05, 0) is 42.5 Å². The zero-order valence-corrected chi connectivity index (χ0v) is 21.9. The van der Waals surface area contributed by atoms with Gasteiger partial charge in [-0.25, -0.2) is 4.98 Å². The van der Waals surface area contributed by atoms with Gasteiger partial charge in [-0.15, -0.1) is 0 Å². The second kappa shape index (κ2) is 11.3. The fraction of sp³-hybridized carbons (Fsp3) is 0.222. The minimum atomic E-state index is -0.356. The fourth-order valence-electron chi connectivity index (χ4n) is 3.83. The monoisotopic (exact) mass is 522 g/mol. The molecule has 0 bridgehead atoms. The van der Waals surface area contributed by atoms with E-state index in [2.05, 4.69) is 0 Å². The first-order valence-corrected chi connectivity index (χ1v) is 12.1. The molecule has 0 aliphatic heterocycles. The van der Waals surface area contributed by atoms with Crippen molar-refractivity contribution in [2.75, 3.05) is 41.3 Å². The number of hydrogen-bond acceptors (Lipinski definition) is 9. The highest BCUT2D eigenvalue weighted by atomic mass is 32.2. The molecule has 9 nitrogen and oxygen atoms in total. The van der Waals surface area contributed by atoms with Crippen LogP contribution < -0.4 is 29.2 Å². The predicted octanol–water partition coefficient (Wildman–Crippen LogP) is 4.40. The van der Waals surface area contributed by atoms with Crippen LogP contribution in [0.4, 0.5) is 0 Å². The van der Waals surface area contributed by atoms with Crippen molar-refractivity contribution in [3.8, 4) is 34.4 Å². The second-order valence-electron chi connectivity index (χ2n) is 7.72. The normalized spacial score (nSPS) is 10.7. The molecule has 10 heteroatoms. The number of Topliss-reactive ketones (excluding diaryl/α,β-unsaturated/α-hetero) is 1. The highest BCUT2D eigenvalue weighted by Crippen LogP contribution is 2.42. The summed E-state index contributed by atoms with van der Waals surface area (Å²) in [6.45, 7) is 0. The van der Waals surface area contributed by atoms with Crippen molar-refractivity contribution >= 4 is 28.4 Å². The standard InChI is InChI=1S/C27H26N2O7S/c1-32-18-11-9-17(10-12-18)29-26(31)20-14-22(34-3)24(35-4)25(36-5)23(20)28-27(29)37-15-21(30)16-7-6-8-19(13-16)33-2/h6-14H,15H2,1-5H3. The Morgan fingerprint density at radius 1 is 0.838 bits per heavy atom. The van der Waals surface area contributed by atoms with Crippen molar-refractivity contribution in [1.82, 2.24) is 9.55 Å². The van der Waals surface area contributed by atoms with E-state index in [9.17, 15) is 9.59 Å². The van der Waals surface area contributed by atoms with E-state index in [4.69, 9.17) is 28.7 Å².